The van der Waals surface area contributed by atoms with E-state index in [1.165, 1.54) is 0 Å². The predicted molar refractivity (Wildman–Crippen MR) is 109 cm³/mol. The molecule has 0 atom stereocenters. The van der Waals surface area contributed by atoms with Crippen LogP contribution < -0.4 is 19.5 Å². The van der Waals surface area contributed by atoms with Crippen LogP contribution in [0.15, 0.2) is 42.5 Å². The van der Waals surface area contributed by atoms with Crippen molar-refractivity contribution >= 4 is 17.6 Å². The van der Waals surface area contributed by atoms with E-state index >= 15 is 0 Å². The lowest BCUT2D eigenvalue weighted by Gasteiger charge is -2.18. The number of methoxy groups -OCH3 is 1. The predicted octanol–water partition coefficient (Wildman–Crippen LogP) is 3.58. The maximum absolute atomic E-state index is 12.2. The number of likely N-dealkylation sites (N-methyl/N-ethyl adjacent to an activating group) is 1. The molecule has 0 aliphatic heterocycles. The molecule has 0 heterocycles. The third-order valence-electron chi connectivity index (χ3n) is 3.84. The van der Waals surface area contributed by atoms with Crippen molar-refractivity contribution in [1.29, 1.82) is 0 Å². The van der Waals surface area contributed by atoms with Crippen LogP contribution >= 0.6 is 11.6 Å². The molecule has 0 saturated heterocycles. The first-order chi connectivity index (χ1) is 13.5. The number of carbonyl (C=O) groups is 1. The molecule has 6 nitrogen and oxygen atoms in total. The number of nitrogens with zero attached hydrogens (tertiary/aromatic N) is 1. The minimum Gasteiger partial charge on any atom is -0.493 e. The van der Waals surface area contributed by atoms with Crippen LogP contribution in [0.25, 0.3) is 0 Å². The molecule has 0 bridgehead atoms. The highest BCUT2D eigenvalue weighted by Crippen LogP contribution is 2.28. The Labute approximate surface area is 170 Å². The molecular formula is C21H23ClN2O4. The number of carbonyl (C=O) groups excluding carboxylic acids is 1. The standard InChI is InChI=1S/C21H23ClN2O4/c1-4-12-28-20-14-16(5-10-19(20)26-3)15-23-21(25)24(2)11-13-27-18-8-6-17(22)7-9-18/h1,5-10,14H,11-13,15H2,2-3H3,(H,23,25). The zero-order chi connectivity index (χ0) is 20.4. The number of terminal acetylenes is 1. The summed E-state index contributed by atoms with van der Waals surface area (Å²) in [5.41, 5.74) is 0.868. The second-order valence-corrected chi connectivity index (χ2v) is 6.30. The number of hydrogen-bond acceptors (Lipinski definition) is 4. The first kappa shape index (κ1) is 21.3. The van der Waals surface area contributed by atoms with Crippen molar-refractivity contribution in [2.75, 3.05) is 33.9 Å². The van der Waals surface area contributed by atoms with Gasteiger partial charge in [-0.2, -0.15) is 0 Å². The topological polar surface area (TPSA) is 60.0 Å². The van der Waals surface area contributed by atoms with Crippen molar-refractivity contribution in [1.82, 2.24) is 10.2 Å². The summed E-state index contributed by atoms with van der Waals surface area (Å²) in [7, 11) is 3.26. The molecule has 0 saturated carbocycles. The van der Waals surface area contributed by atoms with Crippen molar-refractivity contribution in [3.63, 3.8) is 0 Å². The van der Waals surface area contributed by atoms with Crippen LogP contribution in [-0.2, 0) is 6.54 Å². The van der Waals surface area contributed by atoms with Crippen molar-refractivity contribution in [3.05, 3.63) is 53.1 Å². The molecule has 2 rings (SSSR count). The average Bonchev–Trinajstić information content (AvgIpc) is 2.71. The molecular weight excluding hydrogens is 380 g/mol. The summed E-state index contributed by atoms with van der Waals surface area (Å²) < 4.78 is 16.3. The van der Waals surface area contributed by atoms with Crippen LogP contribution in [-0.4, -0.2) is 44.8 Å². The summed E-state index contributed by atoms with van der Waals surface area (Å²) in [4.78, 5) is 13.8. The SMILES string of the molecule is C#CCOc1cc(CNC(=O)N(C)CCOc2ccc(Cl)cc2)ccc1OC. The first-order valence-electron chi connectivity index (χ1n) is 8.64. The maximum Gasteiger partial charge on any atom is 0.317 e. The summed E-state index contributed by atoms with van der Waals surface area (Å²) >= 11 is 5.83. The number of urea groups is 1. The zero-order valence-corrected chi connectivity index (χ0v) is 16.7. The second kappa shape index (κ2) is 11.0. The molecule has 28 heavy (non-hydrogen) atoms. The summed E-state index contributed by atoms with van der Waals surface area (Å²) in [5.74, 6) is 4.24. The third-order valence-corrected chi connectivity index (χ3v) is 4.09. The van der Waals surface area contributed by atoms with Crippen LogP contribution in [0.3, 0.4) is 0 Å². The molecule has 2 aromatic carbocycles. The number of nitrogens with one attached hydrogen (secondary N) is 1. The highest BCUT2D eigenvalue weighted by Gasteiger charge is 2.10. The number of benzene rings is 2. The zero-order valence-electron chi connectivity index (χ0n) is 15.9. The summed E-state index contributed by atoms with van der Waals surface area (Å²) in [6, 6.07) is 12.3. The number of ether oxygens (including phenoxy) is 3. The van der Waals surface area contributed by atoms with Gasteiger partial charge in [-0.25, -0.2) is 4.79 Å². The Morgan fingerprint density at radius 1 is 1.18 bits per heavy atom. The molecule has 2 amide bonds. The van der Waals surface area contributed by atoms with Gasteiger partial charge in [-0.3, -0.25) is 0 Å². The van der Waals surface area contributed by atoms with Crippen LogP contribution in [0.4, 0.5) is 4.79 Å². The van der Waals surface area contributed by atoms with E-state index < -0.39 is 0 Å². The smallest absolute Gasteiger partial charge is 0.317 e. The van der Waals surface area contributed by atoms with Crippen molar-refractivity contribution in [3.8, 4) is 29.6 Å². The molecule has 1 N–H and O–H groups in total. The number of halogens is 1. The highest BCUT2D eigenvalue weighted by molar-refractivity contribution is 6.30. The lowest BCUT2D eigenvalue weighted by atomic mass is 10.2. The Hall–Kier alpha value is -3.04. The van der Waals surface area contributed by atoms with Gasteiger partial charge < -0.3 is 24.4 Å². The van der Waals surface area contributed by atoms with Gasteiger partial charge in [0.2, 0.25) is 0 Å². The van der Waals surface area contributed by atoms with Gasteiger partial charge in [0.15, 0.2) is 11.5 Å². The van der Waals surface area contributed by atoms with E-state index in [9.17, 15) is 4.79 Å². The molecule has 0 radical (unpaired) electrons. The van der Waals surface area contributed by atoms with E-state index in [1.54, 1.807) is 55.5 Å². The van der Waals surface area contributed by atoms with Gasteiger partial charge in [0.25, 0.3) is 0 Å². The van der Waals surface area contributed by atoms with Gasteiger partial charge in [-0.05, 0) is 42.0 Å². The Morgan fingerprint density at radius 2 is 1.93 bits per heavy atom. The monoisotopic (exact) mass is 402 g/mol. The molecule has 2 aromatic rings. The van der Waals surface area contributed by atoms with Gasteiger partial charge in [0.1, 0.15) is 19.0 Å². The normalized spacial score (nSPS) is 9.93. The van der Waals surface area contributed by atoms with E-state index in [1.807, 2.05) is 6.07 Å². The minimum atomic E-state index is -0.207. The van der Waals surface area contributed by atoms with Crippen molar-refractivity contribution in [2.24, 2.45) is 0 Å². The van der Waals surface area contributed by atoms with Gasteiger partial charge in [0, 0.05) is 18.6 Å². The van der Waals surface area contributed by atoms with E-state index in [2.05, 4.69) is 11.2 Å². The quantitative estimate of drug-likeness (QED) is 0.651. The Morgan fingerprint density at radius 3 is 2.61 bits per heavy atom. The lowest BCUT2D eigenvalue weighted by Crippen LogP contribution is -2.39. The summed E-state index contributed by atoms with van der Waals surface area (Å²) in [6.07, 6.45) is 5.23. The van der Waals surface area contributed by atoms with Gasteiger partial charge in [-0.1, -0.05) is 23.6 Å². The lowest BCUT2D eigenvalue weighted by molar-refractivity contribution is 0.195. The molecule has 0 unspecified atom stereocenters. The fraction of sp³-hybridized carbons (Fsp3) is 0.286. The van der Waals surface area contributed by atoms with E-state index in [-0.39, 0.29) is 12.6 Å². The fourth-order valence-electron chi connectivity index (χ4n) is 2.31. The van der Waals surface area contributed by atoms with Gasteiger partial charge in [-0.15, -0.1) is 6.42 Å². The molecule has 148 valence electrons. The van der Waals surface area contributed by atoms with E-state index in [0.29, 0.717) is 42.0 Å². The van der Waals surface area contributed by atoms with Crippen LogP contribution in [0.5, 0.6) is 17.2 Å². The van der Waals surface area contributed by atoms with Crippen molar-refractivity contribution in [2.45, 2.75) is 6.54 Å². The fourth-order valence-corrected chi connectivity index (χ4v) is 2.43. The van der Waals surface area contributed by atoms with Crippen LogP contribution in [0.1, 0.15) is 5.56 Å². The average molecular weight is 403 g/mol. The number of rotatable bonds is 9. The van der Waals surface area contributed by atoms with Crippen LogP contribution in [0, 0.1) is 12.3 Å². The first-order valence-corrected chi connectivity index (χ1v) is 9.01. The van der Waals surface area contributed by atoms with E-state index in [4.69, 9.17) is 32.2 Å². The molecule has 0 spiro atoms. The summed E-state index contributed by atoms with van der Waals surface area (Å²) in [5, 5.41) is 3.50. The second-order valence-electron chi connectivity index (χ2n) is 5.86. The maximum atomic E-state index is 12.2. The highest BCUT2D eigenvalue weighted by atomic mass is 35.5. The Kier molecular flexibility index (Phi) is 8.32. The minimum absolute atomic E-state index is 0.141. The van der Waals surface area contributed by atoms with E-state index in [0.717, 1.165) is 5.56 Å². The molecule has 0 aliphatic rings. The molecule has 0 fully saturated rings. The Balaban J connectivity index is 1.80. The summed E-state index contributed by atoms with van der Waals surface area (Å²) in [6.45, 7) is 1.30. The van der Waals surface area contributed by atoms with Crippen LogP contribution in [0.2, 0.25) is 5.02 Å². The largest absolute Gasteiger partial charge is 0.493 e. The molecule has 0 aliphatic carbocycles. The Bertz CT molecular complexity index is 818. The van der Waals surface area contributed by atoms with Gasteiger partial charge in [0.05, 0.1) is 13.7 Å². The molecule has 7 heteroatoms. The third kappa shape index (κ3) is 6.60. The number of amides is 2. The number of hydrogen-bond donors (Lipinski definition) is 1. The molecule has 0 aromatic heterocycles. The van der Waals surface area contributed by atoms with Gasteiger partial charge >= 0.3 is 6.03 Å². The van der Waals surface area contributed by atoms with Crippen molar-refractivity contribution < 1.29 is 19.0 Å².